The number of ether oxygens (including phenoxy) is 1. The Bertz CT molecular complexity index is 478. The summed E-state index contributed by atoms with van der Waals surface area (Å²) < 4.78 is 5.28. The minimum Gasteiger partial charge on any atom is -0.508 e. The minimum atomic E-state index is 0.327. The van der Waals surface area contributed by atoms with E-state index in [4.69, 9.17) is 4.74 Å². The summed E-state index contributed by atoms with van der Waals surface area (Å²) in [5.41, 5.74) is 1.98. The molecule has 0 fully saturated rings. The van der Waals surface area contributed by atoms with Crippen LogP contribution in [0.15, 0.2) is 48.5 Å². The smallest absolute Gasteiger partial charge is 0.122 e. The first kappa shape index (κ1) is 10.6. The highest BCUT2D eigenvalue weighted by molar-refractivity contribution is 5.41. The third kappa shape index (κ3) is 2.16. The van der Waals surface area contributed by atoms with Crippen molar-refractivity contribution in [3.05, 3.63) is 59.7 Å². The van der Waals surface area contributed by atoms with E-state index >= 15 is 0 Å². The number of rotatable bonds is 3. The summed E-state index contributed by atoms with van der Waals surface area (Å²) in [6.07, 6.45) is 0.677. The molecule has 0 aliphatic carbocycles. The van der Waals surface area contributed by atoms with Crippen LogP contribution in [0.25, 0.3) is 0 Å². The summed E-state index contributed by atoms with van der Waals surface area (Å²) in [6, 6.07) is 15.2. The highest BCUT2D eigenvalue weighted by Gasteiger charge is 2.05. The van der Waals surface area contributed by atoms with Crippen molar-refractivity contribution in [2.24, 2.45) is 0 Å². The molecule has 2 aromatic carbocycles. The van der Waals surface area contributed by atoms with Crippen LogP contribution in [0, 0.1) is 0 Å². The van der Waals surface area contributed by atoms with Gasteiger partial charge in [-0.1, -0.05) is 36.4 Å². The highest BCUT2D eigenvalue weighted by Crippen LogP contribution is 2.25. The van der Waals surface area contributed by atoms with E-state index in [1.807, 2.05) is 42.5 Å². The van der Waals surface area contributed by atoms with Crippen LogP contribution < -0.4 is 4.74 Å². The maximum atomic E-state index is 9.69. The molecule has 2 heteroatoms. The molecule has 0 aromatic heterocycles. The zero-order valence-electron chi connectivity index (χ0n) is 9.18. The lowest BCUT2D eigenvalue weighted by Gasteiger charge is -2.09. The number of hydrogen-bond acceptors (Lipinski definition) is 2. The van der Waals surface area contributed by atoms with E-state index in [-0.39, 0.29) is 0 Å². The van der Waals surface area contributed by atoms with Crippen LogP contribution in [0.4, 0.5) is 0 Å². The second kappa shape index (κ2) is 4.71. The number of phenols is 1. The molecule has 82 valence electrons. The molecule has 0 aliphatic heterocycles. The second-order valence-electron chi connectivity index (χ2n) is 3.62. The fourth-order valence-corrected chi connectivity index (χ4v) is 1.71. The van der Waals surface area contributed by atoms with Gasteiger partial charge < -0.3 is 9.84 Å². The van der Waals surface area contributed by atoms with Crippen molar-refractivity contribution in [1.82, 2.24) is 0 Å². The van der Waals surface area contributed by atoms with Crippen LogP contribution >= 0.6 is 0 Å². The molecule has 16 heavy (non-hydrogen) atoms. The Morgan fingerprint density at radius 3 is 2.25 bits per heavy atom. The van der Waals surface area contributed by atoms with Crippen LogP contribution in [-0.4, -0.2) is 12.2 Å². The molecule has 0 atom stereocenters. The highest BCUT2D eigenvalue weighted by atomic mass is 16.5. The molecule has 0 aliphatic rings. The first-order valence-corrected chi connectivity index (χ1v) is 5.20. The summed E-state index contributed by atoms with van der Waals surface area (Å²) >= 11 is 0. The monoisotopic (exact) mass is 214 g/mol. The van der Waals surface area contributed by atoms with Gasteiger partial charge in [-0.25, -0.2) is 0 Å². The zero-order valence-corrected chi connectivity index (χ0v) is 9.18. The van der Waals surface area contributed by atoms with Crippen LogP contribution in [-0.2, 0) is 6.42 Å². The third-order valence-corrected chi connectivity index (χ3v) is 2.57. The van der Waals surface area contributed by atoms with E-state index in [2.05, 4.69) is 0 Å². The molecule has 0 amide bonds. The number of para-hydroxylation sites is 2. The fourth-order valence-electron chi connectivity index (χ4n) is 1.71. The SMILES string of the molecule is COc1ccccc1Cc1ccccc1O. The largest absolute Gasteiger partial charge is 0.508 e. The summed E-state index contributed by atoms with van der Waals surface area (Å²) in [5.74, 6) is 1.18. The molecule has 0 bridgehead atoms. The van der Waals surface area contributed by atoms with Gasteiger partial charge in [-0.2, -0.15) is 0 Å². The Balaban J connectivity index is 2.30. The fraction of sp³-hybridized carbons (Fsp3) is 0.143. The molecule has 0 saturated heterocycles. The number of aromatic hydroxyl groups is 1. The molecular formula is C14H14O2. The first-order valence-electron chi connectivity index (χ1n) is 5.20. The van der Waals surface area contributed by atoms with Gasteiger partial charge in [0, 0.05) is 6.42 Å². The summed E-state index contributed by atoms with van der Waals surface area (Å²) in [7, 11) is 1.66. The summed E-state index contributed by atoms with van der Waals surface area (Å²) in [5, 5.41) is 9.69. The van der Waals surface area contributed by atoms with Gasteiger partial charge in [-0.05, 0) is 23.3 Å². The van der Waals surface area contributed by atoms with Gasteiger partial charge in [0.15, 0.2) is 0 Å². The molecule has 0 saturated carbocycles. The zero-order chi connectivity index (χ0) is 11.4. The topological polar surface area (TPSA) is 29.5 Å². The van der Waals surface area contributed by atoms with Gasteiger partial charge in [0.05, 0.1) is 7.11 Å². The van der Waals surface area contributed by atoms with Crippen molar-refractivity contribution in [1.29, 1.82) is 0 Å². The van der Waals surface area contributed by atoms with E-state index in [1.54, 1.807) is 13.2 Å². The normalized spacial score (nSPS) is 10.1. The summed E-state index contributed by atoms with van der Waals surface area (Å²) in [4.78, 5) is 0. The van der Waals surface area contributed by atoms with E-state index in [0.717, 1.165) is 16.9 Å². The van der Waals surface area contributed by atoms with Crippen LogP contribution in [0.2, 0.25) is 0 Å². The van der Waals surface area contributed by atoms with Crippen LogP contribution in [0.3, 0.4) is 0 Å². The molecule has 0 heterocycles. The minimum absolute atomic E-state index is 0.327. The van der Waals surface area contributed by atoms with E-state index in [0.29, 0.717) is 12.2 Å². The van der Waals surface area contributed by atoms with Gasteiger partial charge in [0.25, 0.3) is 0 Å². The first-order chi connectivity index (χ1) is 7.81. The maximum Gasteiger partial charge on any atom is 0.122 e. The predicted molar refractivity (Wildman–Crippen MR) is 63.9 cm³/mol. The van der Waals surface area contributed by atoms with Crippen molar-refractivity contribution in [2.75, 3.05) is 7.11 Å². The van der Waals surface area contributed by atoms with E-state index < -0.39 is 0 Å². The Labute approximate surface area is 95.1 Å². The number of hydrogen-bond donors (Lipinski definition) is 1. The van der Waals surface area contributed by atoms with E-state index in [9.17, 15) is 5.11 Å². The lowest BCUT2D eigenvalue weighted by atomic mass is 10.0. The van der Waals surface area contributed by atoms with Crippen molar-refractivity contribution >= 4 is 0 Å². The third-order valence-electron chi connectivity index (χ3n) is 2.57. The molecule has 0 radical (unpaired) electrons. The molecule has 0 spiro atoms. The van der Waals surface area contributed by atoms with Crippen molar-refractivity contribution < 1.29 is 9.84 Å². The van der Waals surface area contributed by atoms with Crippen molar-refractivity contribution in [2.45, 2.75) is 6.42 Å². The number of benzene rings is 2. The average Bonchev–Trinajstić information content (AvgIpc) is 2.33. The number of phenolic OH excluding ortho intramolecular Hbond substituents is 1. The Morgan fingerprint density at radius 2 is 1.56 bits per heavy atom. The van der Waals surface area contributed by atoms with Gasteiger partial charge in [0.2, 0.25) is 0 Å². The van der Waals surface area contributed by atoms with Crippen molar-refractivity contribution in [3.8, 4) is 11.5 Å². The average molecular weight is 214 g/mol. The molecule has 2 rings (SSSR count). The Morgan fingerprint density at radius 1 is 0.938 bits per heavy atom. The lowest BCUT2D eigenvalue weighted by Crippen LogP contribution is -1.93. The molecule has 2 aromatic rings. The molecular weight excluding hydrogens is 200 g/mol. The van der Waals surface area contributed by atoms with Gasteiger partial charge in [-0.3, -0.25) is 0 Å². The predicted octanol–water partition coefficient (Wildman–Crippen LogP) is 2.99. The Kier molecular flexibility index (Phi) is 3.10. The lowest BCUT2D eigenvalue weighted by molar-refractivity contribution is 0.410. The quantitative estimate of drug-likeness (QED) is 0.851. The van der Waals surface area contributed by atoms with Crippen molar-refractivity contribution in [3.63, 3.8) is 0 Å². The Hall–Kier alpha value is -1.96. The molecule has 1 N–H and O–H groups in total. The molecule has 0 unspecified atom stereocenters. The molecule has 2 nitrogen and oxygen atoms in total. The second-order valence-corrected chi connectivity index (χ2v) is 3.62. The van der Waals surface area contributed by atoms with Gasteiger partial charge in [0.1, 0.15) is 11.5 Å². The van der Waals surface area contributed by atoms with Crippen LogP contribution in [0.5, 0.6) is 11.5 Å². The van der Waals surface area contributed by atoms with Gasteiger partial charge >= 0.3 is 0 Å². The summed E-state index contributed by atoms with van der Waals surface area (Å²) in [6.45, 7) is 0. The van der Waals surface area contributed by atoms with Crippen LogP contribution in [0.1, 0.15) is 11.1 Å². The maximum absolute atomic E-state index is 9.69. The van der Waals surface area contributed by atoms with Gasteiger partial charge in [-0.15, -0.1) is 0 Å². The number of methoxy groups -OCH3 is 1. The van der Waals surface area contributed by atoms with E-state index in [1.165, 1.54) is 0 Å². The standard InChI is InChI=1S/C14H14O2/c1-16-14-9-5-3-7-12(14)10-11-6-2-4-8-13(11)15/h2-9,15H,10H2,1H3.